The predicted molar refractivity (Wildman–Crippen MR) is 90.8 cm³/mol. The van der Waals surface area contributed by atoms with E-state index in [9.17, 15) is 26.8 Å². The molecule has 0 aliphatic carbocycles. The van der Waals surface area contributed by atoms with E-state index in [2.05, 4.69) is 4.98 Å². The summed E-state index contributed by atoms with van der Waals surface area (Å²) in [5.74, 6) is -4.32. The molecule has 0 N–H and O–H groups in total. The molecule has 7 nitrogen and oxygen atoms in total. The van der Waals surface area contributed by atoms with Gasteiger partial charge in [-0.3, -0.25) is 4.79 Å². The number of rotatable bonds is 7. The van der Waals surface area contributed by atoms with E-state index >= 15 is 0 Å². The van der Waals surface area contributed by atoms with Crippen LogP contribution in [-0.2, 0) is 19.4 Å². The maximum Gasteiger partial charge on any atom is 0.341 e. The molecule has 0 aromatic carbocycles. The summed E-state index contributed by atoms with van der Waals surface area (Å²) in [5, 5.41) is -0.186. The lowest BCUT2D eigenvalue weighted by Gasteiger charge is -2.26. The first-order valence-electron chi connectivity index (χ1n) is 7.80. The molecule has 0 saturated carbocycles. The second-order valence-corrected chi connectivity index (χ2v) is 8.75. The molecule has 0 spiro atoms. The minimum atomic E-state index is -3.16. The molecule has 1 amide bonds. The van der Waals surface area contributed by atoms with Gasteiger partial charge in [-0.05, 0) is 37.2 Å². The first-order valence-corrected chi connectivity index (χ1v) is 10.5. The number of likely N-dealkylation sites (N-methyl/N-ethyl adjacent to an activating group) is 1. The quantitative estimate of drug-likeness (QED) is 0.500. The van der Waals surface area contributed by atoms with Gasteiger partial charge in [-0.15, -0.1) is 0 Å². The van der Waals surface area contributed by atoms with Crippen LogP contribution >= 0.6 is 11.8 Å². The first kappa shape index (κ1) is 20.6. The SMILES string of the molecule is CCN(C(=O)COC(=O)c1cccnc1SC(F)F)C1CCS(=O)(=O)C1. The standard InChI is InChI=1S/C15H18F2N2O5S2/c1-2-19(10-5-7-26(22,23)9-10)12(20)8-24-14(21)11-4-3-6-18-13(11)25-15(16)17/h3-4,6,10,15H,2,5,7-9H2,1H3. The zero-order chi connectivity index (χ0) is 19.3. The van der Waals surface area contributed by atoms with Crippen LogP contribution in [0.5, 0.6) is 0 Å². The van der Waals surface area contributed by atoms with Crippen LogP contribution in [0.4, 0.5) is 8.78 Å². The monoisotopic (exact) mass is 408 g/mol. The number of hydrogen-bond donors (Lipinski definition) is 0. The summed E-state index contributed by atoms with van der Waals surface area (Å²) in [6, 6.07) is 2.24. The van der Waals surface area contributed by atoms with E-state index < -0.39 is 40.1 Å². The predicted octanol–water partition coefficient (Wildman–Crippen LogP) is 1.59. The van der Waals surface area contributed by atoms with Crippen LogP contribution in [0, 0.1) is 0 Å². The topological polar surface area (TPSA) is 93.6 Å². The zero-order valence-electron chi connectivity index (χ0n) is 13.9. The highest BCUT2D eigenvalue weighted by molar-refractivity contribution is 7.99. The van der Waals surface area contributed by atoms with E-state index in [0.29, 0.717) is 6.42 Å². The number of carbonyl (C=O) groups excluding carboxylic acids is 2. The molecule has 1 fully saturated rings. The summed E-state index contributed by atoms with van der Waals surface area (Å²) in [7, 11) is -3.16. The van der Waals surface area contributed by atoms with Crippen molar-refractivity contribution in [3.05, 3.63) is 23.9 Å². The van der Waals surface area contributed by atoms with Gasteiger partial charge in [-0.25, -0.2) is 18.2 Å². The first-order chi connectivity index (χ1) is 12.2. The number of amides is 1. The highest BCUT2D eigenvalue weighted by atomic mass is 32.2. The molecule has 26 heavy (non-hydrogen) atoms. The van der Waals surface area contributed by atoms with Crippen LogP contribution in [0.2, 0.25) is 0 Å². The van der Waals surface area contributed by atoms with E-state index in [1.54, 1.807) is 6.92 Å². The van der Waals surface area contributed by atoms with Crippen LogP contribution in [-0.4, -0.2) is 66.6 Å². The van der Waals surface area contributed by atoms with Crippen molar-refractivity contribution in [3.8, 4) is 0 Å². The summed E-state index contributed by atoms with van der Waals surface area (Å²) in [6.07, 6.45) is 1.61. The number of pyridine rings is 1. The van der Waals surface area contributed by atoms with Gasteiger partial charge in [0, 0.05) is 18.8 Å². The smallest absolute Gasteiger partial charge is 0.341 e. The number of hydrogen-bond acceptors (Lipinski definition) is 7. The van der Waals surface area contributed by atoms with Gasteiger partial charge in [0.15, 0.2) is 16.4 Å². The number of alkyl halides is 2. The van der Waals surface area contributed by atoms with Crippen LogP contribution in [0.15, 0.2) is 23.4 Å². The van der Waals surface area contributed by atoms with Crippen molar-refractivity contribution in [2.75, 3.05) is 24.7 Å². The maximum absolute atomic E-state index is 12.5. The summed E-state index contributed by atoms with van der Waals surface area (Å²) in [4.78, 5) is 29.5. The van der Waals surface area contributed by atoms with Crippen molar-refractivity contribution >= 4 is 33.5 Å². The second kappa shape index (κ2) is 8.76. The van der Waals surface area contributed by atoms with E-state index in [1.807, 2.05) is 0 Å². The van der Waals surface area contributed by atoms with Crippen LogP contribution < -0.4 is 0 Å². The van der Waals surface area contributed by atoms with Crippen LogP contribution in [0.1, 0.15) is 23.7 Å². The minimum absolute atomic E-state index is 0.0190. The number of esters is 1. The van der Waals surface area contributed by atoms with E-state index in [-0.39, 0.29) is 40.4 Å². The van der Waals surface area contributed by atoms with Crippen LogP contribution in [0.3, 0.4) is 0 Å². The van der Waals surface area contributed by atoms with Gasteiger partial charge in [0.25, 0.3) is 11.7 Å². The lowest BCUT2D eigenvalue weighted by Crippen LogP contribution is -2.43. The van der Waals surface area contributed by atoms with E-state index in [4.69, 9.17) is 4.74 Å². The Bertz CT molecular complexity index is 773. The molecule has 1 aromatic heterocycles. The largest absolute Gasteiger partial charge is 0.452 e. The number of nitrogens with zero attached hydrogens (tertiary/aromatic N) is 2. The fourth-order valence-corrected chi connectivity index (χ4v) is 4.97. The number of sulfone groups is 1. The Morgan fingerprint density at radius 2 is 2.19 bits per heavy atom. The number of ether oxygens (including phenoxy) is 1. The van der Waals surface area contributed by atoms with Gasteiger partial charge >= 0.3 is 5.97 Å². The van der Waals surface area contributed by atoms with Gasteiger partial charge in [-0.2, -0.15) is 8.78 Å². The molecular weight excluding hydrogens is 390 g/mol. The third-order valence-electron chi connectivity index (χ3n) is 3.83. The molecule has 2 heterocycles. The van der Waals surface area contributed by atoms with Crippen molar-refractivity contribution < 1.29 is 31.5 Å². The molecule has 0 bridgehead atoms. The van der Waals surface area contributed by atoms with Crippen molar-refractivity contribution in [3.63, 3.8) is 0 Å². The van der Waals surface area contributed by atoms with Crippen molar-refractivity contribution in [2.45, 2.75) is 30.2 Å². The molecule has 11 heteroatoms. The van der Waals surface area contributed by atoms with Crippen molar-refractivity contribution in [2.24, 2.45) is 0 Å². The fourth-order valence-electron chi connectivity index (χ4n) is 2.67. The molecular formula is C15H18F2N2O5S2. The van der Waals surface area contributed by atoms with E-state index in [1.165, 1.54) is 23.2 Å². The Labute approximate surface area is 154 Å². The normalized spacial score (nSPS) is 18.7. The summed E-state index contributed by atoms with van der Waals surface area (Å²) in [5.41, 5.74) is -0.155. The van der Waals surface area contributed by atoms with Gasteiger partial charge in [0.1, 0.15) is 5.03 Å². The lowest BCUT2D eigenvalue weighted by atomic mass is 10.2. The Morgan fingerprint density at radius 3 is 2.77 bits per heavy atom. The molecule has 1 aromatic rings. The summed E-state index contributed by atoms with van der Waals surface area (Å²) in [6.45, 7) is 1.37. The lowest BCUT2D eigenvalue weighted by molar-refractivity contribution is -0.136. The summed E-state index contributed by atoms with van der Waals surface area (Å²) >= 11 is 0.111. The Kier molecular flexibility index (Phi) is 6.93. The number of halogens is 2. The Morgan fingerprint density at radius 1 is 1.46 bits per heavy atom. The van der Waals surface area contributed by atoms with Gasteiger partial charge in [-0.1, -0.05) is 0 Å². The van der Waals surface area contributed by atoms with Gasteiger partial charge in [0.2, 0.25) is 0 Å². The number of thioether (sulfide) groups is 1. The van der Waals surface area contributed by atoms with Crippen molar-refractivity contribution in [1.29, 1.82) is 0 Å². The molecule has 2 rings (SSSR count). The third kappa shape index (κ3) is 5.37. The Hall–Kier alpha value is -1.75. The second-order valence-electron chi connectivity index (χ2n) is 5.55. The highest BCUT2D eigenvalue weighted by Gasteiger charge is 2.34. The highest BCUT2D eigenvalue weighted by Crippen LogP contribution is 2.26. The molecule has 1 aliphatic rings. The average molecular weight is 408 g/mol. The molecule has 1 aliphatic heterocycles. The fraction of sp³-hybridized carbons (Fsp3) is 0.533. The minimum Gasteiger partial charge on any atom is -0.452 e. The number of carbonyl (C=O) groups is 2. The number of aromatic nitrogens is 1. The zero-order valence-corrected chi connectivity index (χ0v) is 15.6. The molecule has 1 saturated heterocycles. The Balaban J connectivity index is 1.99. The summed E-state index contributed by atoms with van der Waals surface area (Å²) < 4.78 is 53.1. The average Bonchev–Trinajstić information content (AvgIpc) is 2.93. The third-order valence-corrected chi connectivity index (χ3v) is 6.31. The van der Waals surface area contributed by atoms with Crippen molar-refractivity contribution in [1.82, 2.24) is 9.88 Å². The molecule has 144 valence electrons. The van der Waals surface area contributed by atoms with E-state index in [0.717, 1.165) is 0 Å². The molecule has 0 radical (unpaired) electrons. The van der Waals surface area contributed by atoms with Gasteiger partial charge in [0.05, 0.1) is 17.1 Å². The van der Waals surface area contributed by atoms with Gasteiger partial charge < -0.3 is 9.64 Å². The maximum atomic E-state index is 12.5. The molecule has 1 atom stereocenters. The molecule has 1 unspecified atom stereocenters. The van der Waals surface area contributed by atoms with Crippen LogP contribution in [0.25, 0.3) is 0 Å².